The Morgan fingerprint density at radius 2 is 1.33 bits per heavy atom. The molecule has 39 heavy (non-hydrogen) atoms. The highest BCUT2D eigenvalue weighted by atomic mass is 16.6. The standard InChI is InChI=1S/C28H36N2O9/c31-26(29-11-5-4-8-23(28(33)34)30-27(32)21-6-2-1-3-7-21)22-9-10-24-25(20-22)39-19-17-37-15-13-35-12-14-36-16-18-38-24/h1-3,6-7,9-10,20,23H,4-5,8,11-19H2,(H,29,31)(H,30,32)(H,33,34)/t23-/m0/s1. The first-order valence-electron chi connectivity index (χ1n) is 13.0. The van der Waals surface area contributed by atoms with Gasteiger partial charge in [0.2, 0.25) is 0 Å². The molecule has 11 nitrogen and oxygen atoms in total. The summed E-state index contributed by atoms with van der Waals surface area (Å²) >= 11 is 0. The van der Waals surface area contributed by atoms with Gasteiger partial charge in [-0.3, -0.25) is 9.59 Å². The van der Waals surface area contributed by atoms with Crippen LogP contribution in [0.5, 0.6) is 11.5 Å². The van der Waals surface area contributed by atoms with Crippen molar-refractivity contribution in [3.8, 4) is 11.5 Å². The minimum absolute atomic E-state index is 0.242. The van der Waals surface area contributed by atoms with Gasteiger partial charge in [-0.15, -0.1) is 0 Å². The monoisotopic (exact) mass is 544 g/mol. The van der Waals surface area contributed by atoms with Gasteiger partial charge in [-0.2, -0.15) is 0 Å². The number of rotatable bonds is 9. The largest absolute Gasteiger partial charge is 0.487 e. The molecule has 2 aromatic carbocycles. The van der Waals surface area contributed by atoms with Gasteiger partial charge < -0.3 is 39.4 Å². The van der Waals surface area contributed by atoms with Crippen LogP contribution in [-0.4, -0.2) is 88.3 Å². The van der Waals surface area contributed by atoms with Crippen LogP contribution in [-0.2, 0) is 19.0 Å². The number of amides is 2. The number of hydrogen-bond acceptors (Lipinski definition) is 8. The first-order valence-corrected chi connectivity index (χ1v) is 13.0. The molecule has 0 radical (unpaired) electrons. The van der Waals surface area contributed by atoms with Crippen molar-refractivity contribution in [1.29, 1.82) is 0 Å². The Bertz CT molecular complexity index is 1050. The lowest BCUT2D eigenvalue weighted by atomic mass is 10.1. The van der Waals surface area contributed by atoms with Crippen molar-refractivity contribution in [2.75, 3.05) is 59.4 Å². The molecule has 11 heteroatoms. The van der Waals surface area contributed by atoms with Gasteiger partial charge in [0.1, 0.15) is 19.3 Å². The van der Waals surface area contributed by atoms with Crippen LogP contribution in [0.4, 0.5) is 0 Å². The van der Waals surface area contributed by atoms with Crippen molar-refractivity contribution in [3.63, 3.8) is 0 Å². The molecule has 0 fully saturated rings. The Morgan fingerprint density at radius 3 is 1.97 bits per heavy atom. The van der Waals surface area contributed by atoms with Crippen LogP contribution in [0, 0.1) is 0 Å². The number of benzene rings is 2. The molecule has 3 N–H and O–H groups in total. The zero-order valence-electron chi connectivity index (χ0n) is 21.9. The third kappa shape index (κ3) is 10.9. The first-order chi connectivity index (χ1) is 19.0. The molecule has 2 amide bonds. The molecular formula is C28H36N2O9. The van der Waals surface area contributed by atoms with Crippen molar-refractivity contribution in [2.45, 2.75) is 25.3 Å². The van der Waals surface area contributed by atoms with Gasteiger partial charge in [0, 0.05) is 17.7 Å². The highest BCUT2D eigenvalue weighted by Crippen LogP contribution is 2.28. The van der Waals surface area contributed by atoms with E-state index in [0.29, 0.717) is 88.3 Å². The SMILES string of the molecule is O=C(NCCCC[C@H](NC(=O)c1ccccc1)C(=O)O)c1ccc2c(c1)OCCOCCOCCOCCO2. The molecule has 2 aromatic rings. The summed E-state index contributed by atoms with van der Waals surface area (Å²) in [6, 6.07) is 12.4. The zero-order valence-corrected chi connectivity index (χ0v) is 21.9. The fourth-order valence-corrected chi connectivity index (χ4v) is 3.71. The van der Waals surface area contributed by atoms with Gasteiger partial charge >= 0.3 is 5.97 Å². The van der Waals surface area contributed by atoms with E-state index in [1.54, 1.807) is 48.5 Å². The molecular weight excluding hydrogens is 508 g/mol. The van der Waals surface area contributed by atoms with Crippen LogP contribution in [0.2, 0.25) is 0 Å². The topological polar surface area (TPSA) is 142 Å². The summed E-state index contributed by atoms with van der Waals surface area (Å²) in [5, 5.41) is 14.9. The van der Waals surface area contributed by atoms with E-state index in [2.05, 4.69) is 10.6 Å². The number of hydrogen-bond donors (Lipinski definition) is 3. The average molecular weight is 545 g/mol. The third-order valence-electron chi connectivity index (χ3n) is 5.76. The number of ether oxygens (including phenoxy) is 5. The van der Waals surface area contributed by atoms with Crippen molar-refractivity contribution >= 4 is 17.8 Å². The minimum atomic E-state index is -1.10. The zero-order chi connectivity index (χ0) is 27.7. The Hall–Kier alpha value is -3.67. The van der Waals surface area contributed by atoms with Crippen LogP contribution >= 0.6 is 0 Å². The molecule has 0 unspecified atom stereocenters. The van der Waals surface area contributed by atoms with Crippen LogP contribution < -0.4 is 20.1 Å². The molecule has 1 heterocycles. The Morgan fingerprint density at radius 1 is 0.718 bits per heavy atom. The second-order valence-electron chi connectivity index (χ2n) is 8.68. The molecule has 212 valence electrons. The number of unbranched alkanes of at least 4 members (excludes halogenated alkanes) is 1. The molecule has 0 saturated carbocycles. The van der Waals surface area contributed by atoms with Crippen molar-refractivity contribution in [1.82, 2.24) is 10.6 Å². The van der Waals surface area contributed by atoms with Gasteiger partial charge in [0.25, 0.3) is 11.8 Å². The van der Waals surface area contributed by atoms with Crippen molar-refractivity contribution in [3.05, 3.63) is 59.7 Å². The smallest absolute Gasteiger partial charge is 0.326 e. The number of carbonyl (C=O) groups excluding carboxylic acids is 2. The maximum atomic E-state index is 12.7. The molecule has 0 bridgehead atoms. The van der Waals surface area contributed by atoms with Gasteiger partial charge in [-0.05, 0) is 49.6 Å². The predicted molar refractivity (Wildman–Crippen MR) is 141 cm³/mol. The van der Waals surface area contributed by atoms with Crippen LogP contribution in [0.3, 0.4) is 0 Å². The minimum Gasteiger partial charge on any atom is -0.487 e. The second-order valence-corrected chi connectivity index (χ2v) is 8.68. The van der Waals surface area contributed by atoms with E-state index in [-0.39, 0.29) is 18.9 Å². The van der Waals surface area contributed by atoms with Gasteiger partial charge in [-0.25, -0.2) is 4.79 Å². The molecule has 1 aliphatic rings. The Labute approximate surface area is 227 Å². The summed E-state index contributed by atoms with van der Waals surface area (Å²) in [6.45, 7) is 3.57. The summed E-state index contributed by atoms with van der Waals surface area (Å²) in [6.07, 6.45) is 1.29. The lowest BCUT2D eigenvalue weighted by Gasteiger charge is -2.15. The molecule has 0 saturated heterocycles. The molecule has 0 spiro atoms. The number of carboxylic acids is 1. The molecule has 3 rings (SSSR count). The molecule has 0 aromatic heterocycles. The first kappa shape index (κ1) is 29.9. The number of fused-ring (bicyclic) bond motifs is 1. The van der Waals surface area contributed by atoms with E-state index in [1.807, 2.05) is 0 Å². The van der Waals surface area contributed by atoms with Crippen LogP contribution in [0.25, 0.3) is 0 Å². The summed E-state index contributed by atoms with van der Waals surface area (Å²) in [4.78, 5) is 36.6. The fourth-order valence-electron chi connectivity index (χ4n) is 3.71. The summed E-state index contributed by atoms with van der Waals surface area (Å²) < 4.78 is 27.9. The fraction of sp³-hybridized carbons (Fsp3) is 0.464. The number of carbonyl (C=O) groups is 3. The maximum Gasteiger partial charge on any atom is 0.326 e. The number of carboxylic acid groups (broad SMARTS) is 1. The van der Waals surface area contributed by atoms with Gasteiger partial charge in [0.05, 0.1) is 39.6 Å². The van der Waals surface area contributed by atoms with Crippen molar-refractivity contribution < 1.29 is 43.2 Å². The molecule has 1 atom stereocenters. The molecule has 0 aliphatic carbocycles. The Kier molecular flexibility index (Phi) is 13.0. The van der Waals surface area contributed by atoms with E-state index in [0.717, 1.165) is 0 Å². The predicted octanol–water partition coefficient (Wildman–Crippen LogP) is 2.29. The Balaban J connectivity index is 1.46. The number of nitrogens with one attached hydrogen (secondary N) is 2. The van der Waals surface area contributed by atoms with E-state index < -0.39 is 17.9 Å². The van der Waals surface area contributed by atoms with Crippen molar-refractivity contribution in [2.24, 2.45) is 0 Å². The van der Waals surface area contributed by atoms with E-state index >= 15 is 0 Å². The van der Waals surface area contributed by atoms with Gasteiger partial charge in [0.15, 0.2) is 11.5 Å². The third-order valence-corrected chi connectivity index (χ3v) is 5.76. The number of aliphatic carboxylic acids is 1. The average Bonchev–Trinajstić information content (AvgIpc) is 2.95. The van der Waals surface area contributed by atoms with E-state index in [4.69, 9.17) is 23.7 Å². The van der Waals surface area contributed by atoms with E-state index in [9.17, 15) is 19.5 Å². The lowest BCUT2D eigenvalue weighted by molar-refractivity contribution is -0.139. The van der Waals surface area contributed by atoms with Gasteiger partial charge in [-0.1, -0.05) is 18.2 Å². The summed E-state index contributed by atoms with van der Waals surface area (Å²) in [5.41, 5.74) is 0.801. The highest BCUT2D eigenvalue weighted by molar-refractivity contribution is 5.96. The van der Waals surface area contributed by atoms with Crippen LogP contribution in [0.15, 0.2) is 48.5 Å². The lowest BCUT2D eigenvalue weighted by Crippen LogP contribution is -2.40. The van der Waals surface area contributed by atoms with E-state index in [1.165, 1.54) is 0 Å². The second kappa shape index (κ2) is 17.0. The highest BCUT2D eigenvalue weighted by Gasteiger charge is 2.20. The normalized spacial score (nSPS) is 15.7. The van der Waals surface area contributed by atoms with Crippen LogP contribution in [0.1, 0.15) is 40.0 Å². The maximum absolute atomic E-state index is 12.7. The quantitative estimate of drug-likeness (QED) is 0.406. The summed E-state index contributed by atoms with van der Waals surface area (Å²) in [7, 11) is 0. The molecule has 1 aliphatic heterocycles. The summed E-state index contributed by atoms with van der Waals surface area (Å²) in [5.74, 6) is -0.902.